The highest BCUT2D eigenvalue weighted by molar-refractivity contribution is 5.84. The lowest BCUT2D eigenvalue weighted by atomic mass is 9.91. The summed E-state index contributed by atoms with van der Waals surface area (Å²) >= 11 is 0. The lowest BCUT2D eigenvalue weighted by Gasteiger charge is -2.18. The molecule has 2 aromatic carbocycles. The topological polar surface area (TPSA) is 15.3 Å². The molecular formula is C34H46N2. The van der Waals surface area contributed by atoms with Crippen LogP contribution in [0.5, 0.6) is 0 Å². The van der Waals surface area contributed by atoms with E-state index in [0.29, 0.717) is 0 Å². The molecular weight excluding hydrogens is 436 g/mol. The Morgan fingerprint density at radius 2 is 1.72 bits per heavy atom. The average molecular weight is 483 g/mol. The fraction of sp³-hybridized carbons (Fsp3) is 0.412. The second kappa shape index (κ2) is 14.0. The number of rotatable bonds is 14. The van der Waals surface area contributed by atoms with Crippen LogP contribution >= 0.6 is 0 Å². The number of hydrogen-bond donors (Lipinski definition) is 1. The van der Waals surface area contributed by atoms with E-state index in [0.717, 1.165) is 36.2 Å². The molecule has 1 aliphatic heterocycles. The fourth-order valence-corrected chi connectivity index (χ4v) is 5.11. The minimum atomic E-state index is 0.953. The van der Waals surface area contributed by atoms with Crippen molar-refractivity contribution in [2.24, 2.45) is 0 Å². The Morgan fingerprint density at radius 3 is 2.42 bits per heavy atom. The number of nitrogens with one attached hydrogen (secondary N) is 1. The van der Waals surface area contributed by atoms with E-state index in [1.807, 2.05) is 6.08 Å². The Kier molecular flexibility index (Phi) is 10.8. The maximum atomic E-state index is 4.43. The minimum absolute atomic E-state index is 0.953. The lowest BCUT2D eigenvalue weighted by Crippen LogP contribution is -2.21. The third-order valence-corrected chi connectivity index (χ3v) is 7.15. The Bertz CT molecular complexity index is 1080. The van der Waals surface area contributed by atoms with E-state index >= 15 is 0 Å². The summed E-state index contributed by atoms with van der Waals surface area (Å²) < 4.78 is 0. The van der Waals surface area contributed by atoms with Gasteiger partial charge in [-0.1, -0.05) is 81.5 Å². The number of hydrogen-bond acceptors (Lipinski definition) is 2. The molecule has 0 saturated carbocycles. The Labute approximate surface area is 220 Å². The largest absolute Gasteiger partial charge is 0.385 e. The normalized spacial score (nSPS) is 14.1. The van der Waals surface area contributed by atoms with Crippen molar-refractivity contribution in [3.05, 3.63) is 95.7 Å². The van der Waals surface area contributed by atoms with Crippen molar-refractivity contribution < 1.29 is 0 Å². The van der Waals surface area contributed by atoms with Gasteiger partial charge in [0.05, 0.1) is 0 Å². The van der Waals surface area contributed by atoms with Crippen LogP contribution in [0.4, 0.5) is 0 Å². The zero-order valence-corrected chi connectivity index (χ0v) is 23.0. The first-order chi connectivity index (χ1) is 17.4. The molecule has 1 N–H and O–H groups in total. The van der Waals surface area contributed by atoms with Gasteiger partial charge in [0.15, 0.2) is 0 Å². The highest BCUT2D eigenvalue weighted by Gasteiger charge is 2.13. The zero-order valence-electron chi connectivity index (χ0n) is 23.0. The number of likely N-dealkylation sites (tertiary alicyclic amines) is 1. The summed E-state index contributed by atoms with van der Waals surface area (Å²) in [5.41, 5.74) is 10.7. The van der Waals surface area contributed by atoms with Gasteiger partial charge >= 0.3 is 0 Å². The molecule has 1 heterocycles. The Balaban J connectivity index is 1.73. The molecule has 0 radical (unpaired) electrons. The van der Waals surface area contributed by atoms with E-state index in [-0.39, 0.29) is 0 Å². The standard InChI is InChI=1S/C34H46N2/c1-7-14-30-24-31(18-17-29(30)8-2)32-16-15-27(5)33(25-32)34(23-26(3)4)28(6)35-19-10-9-11-20-36-21-12-13-22-36/h8,15-18,23-25,35H,2-3,6-7,9-14,19-22H2,1,4-5H3/b34-23-. The summed E-state index contributed by atoms with van der Waals surface area (Å²) in [5.74, 6) is 0. The van der Waals surface area contributed by atoms with Crippen LogP contribution in [0.1, 0.15) is 74.6 Å². The molecule has 0 atom stereocenters. The molecule has 2 heteroatoms. The van der Waals surface area contributed by atoms with Crippen LogP contribution in [0.25, 0.3) is 22.8 Å². The maximum Gasteiger partial charge on any atom is 0.0347 e. The number of allylic oxidation sites excluding steroid dienone is 3. The summed E-state index contributed by atoms with van der Waals surface area (Å²) in [7, 11) is 0. The molecule has 36 heavy (non-hydrogen) atoms. The van der Waals surface area contributed by atoms with Crippen LogP contribution < -0.4 is 5.32 Å². The van der Waals surface area contributed by atoms with Crippen molar-refractivity contribution in [2.45, 2.75) is 65.7 Å². The van der Waals surface area contributed by atoms with Gasteiger partial charge in [0.1, 0.15) is 0 Å². The molecule has 0 bridgehead atoms. The summed E-state index contributed by atoms with van der Waals surface area (Å²) in [6.07, 6.45) is 12.8. The Hall–Kier alpha value is -2.84. The average Bonchev–Trinajstić information content (AvgIpc) is 3.38. The minimum Gasteiger partial charge on any atom is -0.385 e. The zero-order chi connectivity index (χ0) is 25.9. The lowest BCUT2D eigenvalue weighted by molar-refractivity contribution is 0.328. The van der Waals surface area contributed by atoms with Gasteiger partial charge in [-0.15, -0.1) is 0 Å². The summed E-state index contributed by atoms with van der Waals surface area (Å²) in [5, 5.41) is 3.61. The first-order valence-corrected chi connectivity index (χ1v) is 13.8. The van der Waals surface area contributed by atoms with Crippen LogP contribution in [0.3, 0.4) is 0 Å². The van der Waals surface area contributed by atoms with Crippen molar-refractivity contribution in [1.29, 1.82) is 0 Å². The molecule has 3 rings (SSSR count). The molecule has 0 aromatic heterocycles. The second-order valence-electron chi connectivity index (χ2n) is 10.3. The molecule has 2 aromatic rings. The maximum absolute atomic E-state index is 4.43. The molecule has 1 aliphatic rings. The van der Waals surface area contributed by atoms with E-state index in [4.69, 9.17) is 0 Å². The number of aryl methyl sites for hydroxylation is 2. The van der Waals surface area contributed by atoms with Crippen molar-refractivity contribution in [2.75, 3.05) is 26.2 Å². The van der Waals surface area contributed by atoms with E-state index < -0.39 is 0 Å². The Morgan fingerprint density at radius 1 is 1.00 bits per heavy atom. The third kappa shape index (κ3) is 7.83. The van der Waals surface area contributed by atoms with Gasteiger partial charge in [-0.3, -0.25) is 0 Å². The van der Waals surface area contributed by atoms with E-state index in [1.54, 1.807) is 0 Å². The van der Waals surface area contributed by atoms with Crippen LogP contribution in [-0.2, 0) is 6.42 Å². The van der Waals surface area contributed by atoms with Gasteiger partial charge in [0.25, 0.3) is 0 Å². The number of benzene rings is 2. The predicted octanol–water partition coefficient (Wildman–Crippen LogP) is 8.59. The molecule has 0 amide bonds. The molecule has 2 nitrogen and oxygen atoms in total. The van der Waals surface area contributed by atoms with Gasteiger partial charge in [-0.2, -0.15) is 0 Å². The van der Waals surface area contributed by atoms with Crippen molar-refractivity contribution in [1.82, 2.24) is 10.2 Å². The monoisotopic (exact) mass is 482 g/mol. The van der Waals surface area contributed by atoms with Crippen LogP contribution in [0.15, 0.2) is 73.5 Å². The quantitative estimate of drug-likeness (QED) is 0.214. The fourth-order valence-electron chi connectivity index (χ4n) is 5.11. The molecule has 192 valence electrons. The van der Waals surface area contributed by atoms with Gasteiger partial charge in [0.2, 0.25) is 0 Å². The van der Waals surface area contributed by atoms with Crippen LogP contribution in [0.2, 0.25) is 0 Å². The number of unbranched alkanes of at least 4 members (excludes halogenated alkanes) is 2. The van der Waals surface area contributed by atoms with E-state index in [1.165, 1.54) is 85.1 Å². The summed E-state index contributed by atoms with van der Waals surface area (Å²) in [6, 6.07) is 13.5. The molecule has 0 unspecified atom stereocenters. The first-order valence-electron chi connectivity index (χ1n) is 13.8. The summed E-state index contributed by atoms with van der Waals surface area (Å²) in [6.45, 7) is 23.8. The van der Waals surface area contributed by atoms with Gasteiger partial charge < -0.3 is 10.2 Å². The van der Waals surface area contributed by atoms with Crippen LogP contribution in [-0.4, -0.2) is 31.1 Å². The van der Waals surface area contributed by atoms with Crippen molar-refractivity contribution in [3.8, 4) is 11.1 Å². The van der Waals surface area contributed by atoms with Gasteiger partial charge in [0, 0.05) is 17.8 Å². The van der Waals surface area contributed by atoms with E-state index in [9.17, 15) is 0 Å². The molecule has 1 fully saturated rings. The first kappa shape index (κ1) is 27.7. The third-order valence-electron chi connectivity index (χ3n) is 7.15. The predicted molar refractivity (Wildman–Crippen MR) is 160 cm³/mol. The number of nitrogens with zero attached hydrogens (tertiary/aromatic N) is 1. The molecule has 0 spiro atoms. The molecule has 0 aliphatic carbocycles. The van der Waals surface area contributed by atoms with Crippen LogP contribution in [0, 0.1) is 6.92 Å². The second-order valence-corrected chi connectivity index (χ2v) is 10.3. The smallest absolute Gasteiger partial charge is 0.0347 e. The highest BCUT2D eigenvalue weighted by Crippen LogP contribution is 2.31. The van der Waals surface area contributed by atoms with Gasteiger partial charge in [-0.25, -0.2) is 0 Å². The molecule has 1 saturated heterocycles. The van der Waals surface area contributed by atoms with Crippen molar-refractivity contribution in [3.63, 3.8) is 0 Å². The summed E-state index contributed by atoms with van der Waals surface area (Å²) in [4.78, 5) is 2.60. The van der Waals surface area contributed by atoms with Gasteiger partial charge in [-0.05, 0) is 111 Å². The van der Waals surface area contributed by atoms with Crippen molar-refractivity contribution >= 4 is 11.6 Å². The SMILES string of the molecule is C=Cc1ccc(-c2ccc(C)c(/C(=C\C(=C)C)C(=C)NCCCCCN3CCCC3)c2)cc1CCC. The van der Waals surface area contributed by atoms with E-state index in [2.05, 4.69) is 93.2 Å². The highest BCUT2D eigenvalue weighted by atomic mass is 15.1.